The third-order valence-corrected chi connectivity index (χ3v) is 2.80. The van der Waals surface area contributed by atoms with Crippen molar-refractivity contribution in [2.75, 3.05) is 18.1 Å². The summed E-state index contributed by atoms with van der Waals surface area (Å²) in [6.45, 7) is 0.437. The monoisotopic (exact) mass is 245 g/mol. The molecule has 0 N–H and O–H groups in total. The Morgan fingerprint density at radius 3 is 2.50 bits per heavy atom. The molecule has 0 fully saturated rings. The molecule has 0 amide bonds. The Hall–Kier alpha value is -0.260. The van der Waals surface area contributed by atoms with Crippen molar-refractivity contribution in [3.63, 3.8) is 0 Å². The molecule has 0 heterocycles. The van der Waals surface area contributed by atoms with Crippen molar-refractivity contribution >= 4 is 28.2 Å². The minimum atomic E-state index is -4.34. The van der Waals surface area contributed by atoms with Crippen LogP contribution in [0.2, 0.25) is 0 Å². The number of unbranched alkanes of at least 4 members (excludes halogenated alkanes) is 1. The summed E-state index contributed by atoms with van der Waals surface area (Å²) in [4.78, 5) is 3.59. The molecule has 0 aliphatic carbocycles. The summed E-state index contributed by atoms with van der Waals surface area (Å²) in [5.41, 5.74) is 0. The summed E-state index contributed by atoms with van der Waals surface area (Å²) >= 11 is 4.30. The molecular formula is C7H10F3NOS2. The summed E-state index contributed by atoms with van der Waals surface area (Å²) < 4.78 is 45.9. The lowest BCUT2D eigenvalue weighted by Crippen LogP contribution is -2.20. The van der Waals surface area contributed by atoms with Crippen LogP contribution in [0.5, 0.6) is 0 Å². The molecule has 14 heavy (non-hydrogen) atoms. The van der Waals surface area contributed by atoms with Gasteiger partial charge in [-0.05, 0) is 25.1 Å². The van der Waals surface area contributed by atoms with Crippen molar-refractivity contribution in [3.05, 3.63) is 0 Å². The van der Waals surface area contributed by atoms with Crippen LogP contribution in [0.3, 0.4) is 0 Å². The minimum absolute atomic E-state index is 0.0620. The average molecular weight is 245 g/mol. The molecule has 1 atom stereocenters. The zero-order chi connectivity index (χ0) is 11.0. The number of hydrogen-bond acceptors (Lipinski definition) is 3. The van der Waals surface area contributed by atoms with Crippen LogP contribution in [0.15, 0.2) is 4.99 Å². The van der Waals surface area contributed by atoms with Crippen molar-refractivity contribution in [1.29, 1.82) is 0 Å². The molecule has 0 saturated heterocycles. The predicted octanol–water partition coefficient (Wildman–Crippen LogP) is 2.18. The van der Waals surface area contributed by atoms with E-state index in [1.54, 1.807) is 0 Å². The minimum Gasteiger partial charge on any atom is -0.259 e. The number of aliphatic imine (C=N–C) groups is 1. The fourth-order valence-corrected chi connectivity index (χ4v) is 1.88. The third-order valence-electron chi connectivity index (χ3n) is 1.28. The zero-order valence-corrected chi connectivity index (χ0v) is 8.97. The maximum atomic E-state index is 11.7. The smallest absolute Gasteiger partial charge is 0.259 e. The van der Waals surface area contributed by atoms with Gasteiger partial charge in [0.2, 0.25) is 0 Å². The van der Waals surface area contributed by atoms with Crippen molar-refractivity contribution < 1.29 is 17.4 Å². The summed E-state index contributed by atoms with van der Waals surface area (Å²) in [5, 5.41) is 2.15. The van der Waals surface area contributed by atoms with E-state index >= 15 is 0 Å². The molecule has 0 aliphatic heterocycles. The molecule has 7 heteroatoms. The van der Waals surface area contributed by atoms with Gasteiger partial charge in [0.05, 0.1) is 5.16 Å². The first-order chi connectivity index (χ1) is 6.45. The maximum absolute atomic E-state index is 11.7. The highest BCUT2D eigenvalue weighted by Gasteiger charge is 2.29. The number of rotatable bonds is 6. The summed E-state index contributed by atoms with van der Waals surface area (Å²) in [5.74, 6) is -1.16. The molecule has 0 aromatic rings. The summed E-state index contributed by atoms with van der Waals surface area (Å²) in [7, 11) is -1.81. The molecule has 0 aliphatic rings. The Morgan fingerprint density at radius 1 is 1.36 bits per heavy atom. The first kappa shape index (κ1) is 13.7. The van der Waals surface area contributed by atoms with E-state index in [1.807, 2.05) is 0 Å². The molecule has 0 aromatic carbocycles. The van der Waals surface area contributed by atoms with Crippen LogP contribution in [0.25, 0.3) is 0 Å². The van der Waals surface area contributed by atoms with Crippen molar-refractivity contribution in [1.82, 2.24) is 0 Å². The van der Waals surface area contributed by atoms with Crippen LogP contribution < -0.4 is 0 Å². The van der Waals surface area contributed by atoms with E-state index in [0.717, 1.165) is 0 Å². The van der Waals surface area contributed by atoms with Gasteiger partial charge in [-0.25, -0.2) is 4.99 Å². The van der Waals surface area contributed by atoms with E-state index < -0.39 is 22.7 Å². The van der Waals surface area contributed by atoms with E-state index in [0.29, 0.717) is 19.4 Å². The lowest BCUT2D eigenvalue weighted by atomic mass is 10.3. The van der Waals surface area contributed by atoms with Gasteiger partial charge in [-0.1, -0.05) is 0 Å². The summed E-state index contributed by atoms with van der Waals surface area (Å²) in [6.07, 6.45) is -3.28. The fourth-order valence-electron chi connectivity index (χ4n) is 0.754. The number of alkyl halides is 3. The summed E-state index contributed by atoms with van der Waals surface area (Å²) in [6, 6.07) is 0. The Balaban J connectivity index is 3.50. The van der Waals surface area contributed by atoms with Gasteiger partial charge in [-0.3, -0.25) is 4.21 Å². The molecule has 0 aromatic heterocycles. The maximum Gasteiger partial charge on any atom is 0.400 e. The topological polar surface area (TPSA) is 29.4 Å². The Morgan fingerprint density at radius 2 is 2.00 bits per heavy atom. The molecule has 0 unspecified atom stereocenters. The van der Waals surface area contributed by atoms with Gasteiger partial charge in [-0.15, -0.1) is 0 Å². The zero-order valence-electron chi connectivity index (χ0n) is 7.34. The quantitative estimate of drug-likeness (QED) is 0.408. The lowest BCUT2D eigenvalue weighted by molar-refractivity contribution is -0.105. The number of halogens is 3. The molecule has 0 saturated carbocycles. The largest absolute Gasteiger partial charge is 0.400 e. The number of hydrogen-bond donors (Lipinski definition) is 0. The average Bonchev–Trinajstić information content (AvgIpc) is 2.00. The SMILES string of the molecule is O=[S@@](CCCCN=C=S)CC(F)(F)F. The van der Waals surface area contributed by atoms with Crippen molar-refractivity contribution in [2.45, 2.75) is 19.0 Å². The Kier molecular flexibility index (Phi) is 6.96. The lowest BCUT2D eigenvalue weighted by Gasteiger charge is -2.05. The highest BCUT2D eigenvalue weighted by atomic mass is 32.2. The molecule has 0 radical (unpaired) electrons. The van der Waals surface area contributed by atoms with Gasteiger partial charge in [0.15, 0.2) is 0 Å². The second kappa shape index (κ2) is 7.09. The van der Waals surface area contributed by atoms with Gasteiger partial charge in [0.1, 0.15) is 5.75 Å². The first-order valence-electron chi connectivity index (χ1n) is 3.91. The predicted molar refractivity (Wildman–Crippen MR) is 53.1 cm³/mol. The van der Waals surface area contributed by atoms with Crippen LogP contribution in [-0.4, -0.2) is 33.6 Å². The van der Waals surface area contributed by atoms with E-state index in [1.165, 1.54) is 0 Å². The van der Waals surface area contributed by atoms with Crippen LogP contribution in [-0.2, 0) is 10.8 Å². The first-order valence-corrected chi connectivity index (χ1v) is 5.80. The Bertz CT molecular complexity index is 236. The number of nitrogens with zero attached hydrogens (tertiary/aromatic N) is 1. The highest BCUT2D eigenvalue weighted by molar-refractivity contribution is 7.85. The number of thiocarbonyl (C=S) groups is 1. The van der Waals surface area contributed by atoms with Crippen LogP contribution in [0, 0.1) is 0 Å². The van der Waals surface area contributed by atoms with Crippen molar-refractivity contribution in [3.8, 4) is 0 Å². The van der Waals surface area contributed by atoms with E-state index in [4.69, 9.17) is 0 Å². The van der Waals surface area contributed by atoms with Crippen LogP contribution in [0.4, 0.5) is 13.2 Å². The van der Waals surface area contributed by atoms with E-state index in [-0.39, 0.29) is 5.75 Å². The van der Waals surface area contributed by atoms with Crippen molar-refractivity contribution in [2.24, 2.45) is 4.99 Å². The van der Waals surface area contributed by atoms with Gasteiger partial charge >= 0.3 is 6.18 Å². The standard InChI is InChI=1S/C7H10F3NOS2/c8-7(9,10)5-14(12)4-2-1-3-11-6-13/h1-5H2/t14-/m0/s1. The molecule has 82 valence electrons. The van der Waals surface area contributed by atoms with Gasteiger partial charge < -0.3 is 0 Å². The van der Waals surface area contributed by atoms with Crippen LogP contribution >= 0.6 is 12.2 Å². The fraction of sp³-hybridized carbons (Fsp3) is 0.857. The van der Waals surface area contributed by atoms with Gasteiger partial charge in [-0.2, -0.15) is 13.2 Å². The third kappa shape index (κ3) is 9.83. The molecule has 0 spiro atoms. The number of isothiocyanates is 1. The molecule has 0 bridgehead atoms. The van der Waals surface area contributed by atoms with Gasteiger partial charge in [0, 0.05) is 23.1 Å². The Labute approximate surface area is 88.1 Å². The normalized spacial score (nSPS) is 13.4. The van der Waals surface area contributed by atoms with E-state index in [9.17, 15) is 17.4 Å². The van der Waals surface area contributed by atoms with Crippen LogP contribution in [0.1, 0.15) is 12.8 Å². The second-order valence-corrected chi connectivity index (χ2v) is 4.34. The molecule has 0 rings (SSSR count). The second-order valence-electron chi connectivity index (χ2n) is 2.58. The van der Waals surface area contributed by atoms with Gasteiger partial charge in [0.25, 0.3) is 0 Å². The molecular weight excluding hydrogens is 235 g/mol. The molecule has 2 nitrogen and oxygen atoms in total. The van der Waals surface area contributed by atoms with E-state index in [2.05, 4.69) is 22.4 Å². The highest BCUT2D eigenvalue weighted by Crippen LogP contribution is 2.16.